The van der Waals surface area contributed by atoms with Gasteiger partial charge in [-0.25, -0.2) is 9.18 Å². The van der Waals surface area contributed by atoms with E-state index in [2.05, 4.69) is 5.32 Å². The molecule has 0 radical (unpaired) electrons. The molecule has 1 saturated heterocycles. The zero-order chi connectivity index (χ0) is 14.0. The van der Waals surface area contributed by atoms with Crippen molar-refractivity contribution in [1.29, 1.82) is 0 Å². The lowest BCUT2D eigenvalue weighted by Crippen LogP contribution is -2.44. The Morgan fingerprint density at radius 3 is 2.32 bits per heavy atom. The highest BCUT2D eigenvalue weighted by molar-refractivity contribution is 6.35. The molecule has 1 aliphatic heterocycles. The third kappa shape index (κ3) is 3.42. The Labute approximate surface area is 120 Å². The number of rotatable bonds is 2. The summed E-state index contributed by atoms with van der Waals surface area (Å²) in [6.07, 6.45) is 1.55. The second kappa shape index (κ2) is 5.84. The van der Waals surface area contributed by atoms with Crippen molar-refractivity contribution in [3.8, 4) is 0 Å². The number of carbonyl (C=O) groups is 1. The summed E-state index contributed by atoms with van der Waals surface area (Å²) in [5.41, 5.74) is 5.89. The first-order valence-electron chi connectivity index (χ1n) is 5.93. The molecule has 2 amide bonds. The number of piperidine rings is 1. The van der Waals surface area contributed by atoms with Crippen LogP contribution in [-0.4, -0.2) is 30.1 Å². The van der Waals surface area contributed by atoms with Gasteiger partial charge in [0, 0.05) is 24.8 Å². The molecule has 0 aromatic heterocycles. The van der Waals surface area contributed by atoms with Crippen molar-refractivity contribution in [3.63, 3.8) is 0 Å². The molecular weight excluding hydrogens is 292 g/mol. The van der Waals surface area contributed by atoms with Crippen LogP contribution in [0.25, 0.3) is 0 Å². The number of hydrogen-bond donors (Lipinski definition) is 2. The molecule has 0 saturated carbocycles. The van der Waals surface area contributed by atoms with E-state index in [0.717, 1.165) is 12.8 Å². The Morgan fingerprint density at radius 1 is 1.32 bits per heavy atom. The van der Waals surface area contributed by atoms with Crippen LogP contribution in [0.3, 0.4) is 0 Å². The van der Waals surface area contributed by atoms with Crippen LogP contribution >= 0.6 is 23.2 Å². The maximum atomic E-state index is 13.3. The van der Waals surface area contributed by atoms with Gasteiger partial charge in [0.15, 0.2) is 5.82 Å². The van der Waals surface area contributed by atoms with Crippen molar-refractivity contribution in [3.05, 3.63) is 28.0 Å². The molecule has 1 fully saturated rings. The monoisotopic (exact) mass is 305 g/mol. The van der Waals surface area contributed by atoms with Crippen LogP contribution in [0.1, 0.15) is 12.8 Å². The largest absolute Gasteiger partial charge is 0.382 e. The van der Waals surface area contributed by atoms with E-state index < -0.39 is 11.8 Å². The minimum Gasteiger partial charge on any atom is -0.382 e. The Bertz CT molecular complexity index is 467. The van der Waals surface area contributed by atoms with Crippen LogP contribution in [0.5, 0.6) is 0 Å². The number of amides is 2. The number of nitrogens with one attached hydrogen (secondary N) is 1. The molecule has 1 heterocycles. The normalized spacial score (nSPS) is 16.5. The first-order chi connectivity index (χ1) is 8.97. The molecule has 4 nitrogen and oxygen atoms in total. The number of nitrogens with zero attached hydrogens (tertiary/aromatic N) is 1. The molecule has 0 unspecified atom stereocenters. The van der Waals surface area contributed by atoms with Gasteiger partial charge < -0.3 is 16.0 Å². The van der Waals surface area contributed by atoms with Crippen molar-refractivity contribution in [2.24, 2.45) is 5.73 Å². The molecule has 0 spiro atoms. The summed E-state index contributed by atoms with van der Waals surface area (Å²) >= 11 is 11.5. The van der Waals surface area contributed by atoms with E-state index in [4.69, 9.17) is 28.9 Å². The molecule has 19 heavy (non-hydrogen) atoms. The lowest BCUT2D eigenvalue weighted by atomic mass is 10.0. The second-order valence-electron chi connectivity index (χ2n) is 4.50. The van der Waals surface area contributed by atoms with Crippen molar-refractivity contribution in [1.82, 2.24) is 4.90 Å². The third-order valence-electron chi connectivity index (χ3n) is 3.16. The molecule has 1 aromatic rings. The third-order valence-corrected chi connectivity index (χ3v) is 3.71. The average Bonchev–Trinajstić information content (AvgIpc) is 2.36. The molecule has 0 bridgehead atoms. The molecule has 1 aromatic carbocycles. The van der Waals surface area contributed by atoms with Gasteiger partial charge in [-0.05, 0) is 25.0 Å². The Hall–Kier alpha value is -1.20. The van der Waals surface area contributed by atoms with Crippen molar-refractivity contribution in [2.45, 2.75) is 18.9 Å². The van der Waals surface area contributed by atoms with Crippen molar-refractivity contribution >= 4 is 34.9 Å². The van der Waals surface area contributed by atoms with E-state index in [1.165, 1.54) is 12.1 Å². The summed E-state index contributed by atoms with van der Waals surface area (Å²) in [6.45, 7) is 1.21. The van der Waals surface area contributed by atoms with Crippen LogP contribution in [0.4, 0.5) is 14.9 Å². The van der Waals surface area contributed by atoms with Crippen LogP contribution in [-0.2, 0) is 0 Å². The van der Waals surface area contributed by atoms with E-state index in [9.17, 15) is 9.18 Å². The Balaban J connectivity index is 1.98. The molecule has 7 heteroatoms. The number of urea groups is 1. The number of carbonyl (C=O) groups excluding carboxylic acids is 1. The first kappa shape index (κ1) is 14.2. The fourth-order valence-corrected chi connectivity index (χ4v) is 2.61. The van der Waals surface area contributed by atoms with Crippen LogP contribution in [0, 0.1) is 5.82 Å². The zero-order valence-corrected chi connectivity index (χ0v) is 11.6. The number of benzene rings is 1. The van der Waals surface area contributed by atoms with Gasteiger partial charge in [-0.2, -0.15) is 0 Å². The lowest BCUT2D eigenvalue weighted by molar-refractivity contribution is 0.193. The fourth-order valence-electron chi connectivity index (χ4n) is 2.12. The smallest absolute Gasteiger partial charge is 0.314 e. The summed E-state index contributed by atoms with van der Waals surface area (Å²) in [5, 5.41) is 3.22. The molecular formula is C12H14Cl2FN3O. The van der Waals surface area contributed by atoms with Crippen LogP contribution in [0.15, 0.2) is 12.1 Å². The molecule has 104 valence electrons. The predicted molar refractivity (Wildman–Crippen MR) is 74.2 cm³/mol. The van der Waals surface area contributed by atoms with Crippen molar-refractivity contribution in [2.75, 3.05) is 18.4 Å². The first-order valence-corrected chi connectivity index (χ1v) is 6.68. The van der Waals surface area contributed by atoms with E-state index >= 15 is 0 Å². The molecule has 2 rings (SSSR count). The number of likely N-dealkylation sites (tertiary alicyclic amines) is 1. The quantitative estimate of drug-likeness (QED) is 0.825. The van der Waals surface area contributed by atoms with Crippen LogP contribution in [0.2, 0.25) is 10.0 Å². The highest BCUT2D eigenvalue weighted by Crippen LogP contribution is 2.28. The van der Waals surface area contributed by atoms with Gasteiger partial charge in [-0.15, -0.1) is 0 Å². The van der Waals surface area contributed by atoms with Gasteiger partial charge in [0.05, 0.1) is 10.0 Å². The standard InChI is InChI=1S/C12H14Cl2FN3O/c13-9-5-8(6-10(14)11(9)15)17-7-1-3-18(4-2-7)12(16)19/h5-7,17H,1-4H2,(H2,16,19). The fraction of sp³-hybridized carbons (Fsp3) is 0.417. The van der Waals surface area contributed by atoms with E-state index in [1.54, 1.807) is 4.90 Å². The van der Waals surface area contributed by atoms with Gasteiger partial charge in [0.25, 0.3) is 0 Å². The number of nitrogens with two attached hydrogens (primary N) is 1. The molecule has 3 N–H and O–H groups in total. The van der Waals surface area contributed by atoms with Gasteiger partial charge in [0.1, 0.15) is 0 Å². The molecule has 0 aliphatic carbocycles. The summed E-state index contributed by atoms with van der Waals surface area (Å²) in [4.78, 5) is 12.6. The maximum absolute atomic E-state index is 13.3. The summed E-state index contributed by atoms with van der Waals surface area (Å²) in [5.74, 6) is -0.613. The van der Waals surface area contributed by atoms with E-state index in [0.29, 0.717) is 18.8 Å². The lowest BCUT2D eigenvalue weighted by Gasteiger charge is -2.31. The zero-order valence-electron chi connectivity index (χ0n) is 10.1. The topological polar surface area (TPSA) is 58.4 Å². The SMILES string of the molecule is NC(=O)N1CCC(Nc2cc(Cl)c(F)c(Cl)c2)CC1. The molecule has 1 aliphatic rings. The van der Waals surface area contributed by atoms with Crippen LogP contribution < -0.4 is 11.1 Å². The summed E-state index contributed by atoms with van der Waals surface area (Å²) < 4.78 is 13.3. The maximum Gasteiger partial charge on any atom is 0.314 e. The summed E-state index contributed by atoms with van der Waals surface area (Å²) in [7, 11) is 0. The highest BCUT2D eigenvalue weighted by Gasteiger charge is 2.21. The van der Waals surface area contributed by atoms with E-state index in [1.807, 2.05) is 0 Å². The second-order valence-corrected chi connectivity index (χ2v) is 5.31. The Morgan fingerprint density at radius 2 is 1.84 bits per heavy atom. The van der Waals surface area contributed by atoms with Gasteiger partial charge in [-0.1, -0.05) is 23.2 Å². The number of halogens is 3. The van der Waals surface area contributed by atoms with Gasteiger partial charge in [0.2, 0.25) is 0 Å². The Kier molecular flexibility index (Phi) is 4.37. The number of primary amides is 1. The average molecular weight is 306 g/mol. The minimum atomic E-state index is -0.613. The van der Waals surface area contributed by atoms with E-state index in [-0.39, 0.29) is 16.1 Å². The predicted octanol–water partition coefficient (Wildman–Crippen LogP) is 3.09. The van der Waals surface area contributed by atoms with Crippen molar-refractivity contribution < 1.29 is 9.18 Å². The molecule has 0 atom stereocenters. The minimum absolute atomic E-state index is 0.00966. The van der Waals surface area contributed by atoms with Gasteiger partial charge >= 0.3 is 6.03 Å². The van der Waals surface area contributed by atoms with Gasteiger partial charge in [-0.3, -0.25) is 0 Å². The summed E-state index contributed by atoms with van der Waals surface area (Å²) in [6, 6.07) is 2.80. The number of anilines is 1. The highest BCUT2D eigenvalue weighted by atomic mass is 35.5. The number of hydrogen-bond acceptors (Lipinski definition) is 2.